The molecule has 2 nitrogen and oxygen atoms in total. The number of amides is 1. The minimum Gasteiger partial charge on any atom is -0.339 e. The molecular weight excluding hydrogens is 174 g/mol. The number of piperidine rings is 1. The van der Waals surface area contributed by atoms with Crippen LogP contribution in [-0.2, 0) is 4.79 Å². The predicted octanol–water partition coefficient (Wildman–Crippen LogP) is 2.52. The molecule has 0 atom stereocenters. The Morgan fingerprint density at radius 3 is 2.36 bits per heavy atom. The molecule has 0 aromatic rings. The summed E-state index contributed by atoms with van der Waals surface area (Å²) in [4.78, 5) is 12.9. The highest BCUT2D eigenvalue weighted by molar-refractivity contribution is 5.49. The number of rotatable bonds is 5. The largest absolute Gasteiger partial charge is 0.339 e. The van der Waals surface area contributed by atoms with Gasteiger partial charge in [0.25, 0.3) is 0 Å². The quantitative estimate of drug-likeness (QED) is 0.485. The zero-order chi connectivity index (χ0) is 10.4. The van der Waals surface area contributed by atoms with E-state index in [-0.39, 0.29) is 5.54 Å². The fourth-order valence-corrected chi connectivity index (χ4v) is 2.34. The van der Waals surface area contributed by atoms with Gasteiger partial charge in [-0.25, -0.2) is 0 Å². The van der Waals surface area contributed by atoms with E-state index in [1.54, 1.807) is 0 Å². The Bertz CT molecular complexity index is 212. The second kappa shape index (κ2) is 4.99. The monoisotopic (exact) mass is 193 g/mol. The van der Waals surface area contributed by atoms with Crippen LogP contribution in [0.5, 0.6) is 0 Å². The maximum Gasteiger partial charge on any atom is 0.210 e. The van der Waals surface area contributed by atoms with Crippen LogP contribution in [0.1, 0.15) is 32.1 Å². The maximum absolute atomic E-state index is 11.0. The third-order valence-electron chi connectivity index (χ3n) is 3.08. The van der Waals surface area contributed by atoms with Gasteiger partial charge in [-0.15, -0.1) is 13.2 Å². The standard InChI is InChI=1S/C12H19NO/c1-3-7-12(8-4-2)9-5-6-10-13(12)11-14/h3-4,11H,1-2,5-10H2. The molecule has 1 saturated heterocycles. The van der Waals surface area contributed by atoms with Gasteiger partial charge >= 0.3 is 0 Å². The van der Waals surface area contributed by atoms with Crippen molar-refractivity contribution in [2.75, 3.05) is 6.54 Å². The van der Waals surface area contributed by atoms with Gasteiger partial charge in [-0.05, 0) is 32.1 Å². The van der Waals surface area contributed by atoms with Gasteiger partial charge in [-0.3, -0.25) is 4.79 Å². The molecule has 1 heterocycles. The first kappa shape index (κ1) is 11.0. The van der Waals surface area contributed by atoms with Gasteiger partial charge in [0.1, 0.15) is 0 Å². The van der Waals surface area contributed by atoms with Crippen LogP contribution in [0.3, 0.4) is 0 Å². The van der Waals surface area contributed by atoms with E-state index in [4.69, 9.17) is 0 Å². The third kappa shape index (κ3) is 2.06. The summed E-state index contributed by atoms with van der Waals surface area (Å²) in [5.41, 5.74) is -0.0243. The van der Waals surface area contributed by atoms with Gasteiger partial charge in [0.05, 0.1) is 0 Å². The highest BCUT2D eigenvalue weighted by atomic mass is 16.1. The van der Waals surface area contributed by atoms with Crippen molar-refractivity contribution in [1.82, 2.24) is 4.90 Å². The summed E-state index contributed by atoms with van der Waals surface area (Å²) >= 11 is 0. The van der Waals surface area contributed by atoms with Gasteiger partial charge in [0.15, 0.2) is 0 Å². The third-order valence-corrected chi connectivity index (χ3v) is 3.08. The Hall–Kier alpha value is -1.05. The fraction of sp³-hybridized carbons (Fsp3) is 0.583. The second-order valence-corrected chi connectivity index (χ2v) is 3.97. The Kier molecular flexibility index (Phi) is 3.93. The van der Waals surface area contributed by atoms with Crippen LogP contribution in [0.25, 0.3) is 0 Å². The average Bonchev–Trinajstić information content (AvgIpc) is 2.19. The highest BCUT2D eigenvalue weighted by Gasteiger charge is 2.35. The van der Waals surface area contributed by atoms with E-state index in [9.17, 15) is 4.79 Å². The van der Waals surface area contributed by atoms with E-state index < -0.39 is 0 Å². The molecule has 0 N–H and O–H groups in total. The van der Waals surface area contributed by atoms with Crippen LogP contribution in [0.2, 0.25) is 0 Å². The topological polar surface area (TPSA) is 20.3 Å². The molecule has 0 unspecified atom stereocenters. The highest BCUT2D eigenvalue weighted by Crippen LogP contribution is 2.33. The first-order valence-electron chi connectivity index (χ1n) is 5.23. The predicted molar refractivity (Wildman–Crippen MR) is 59.0 cm³/mol. The normalized spacial score (nSPS) is 20.1. The molecule has 0 bridgehead atoms. The van der Waals surface area contributed by atoms with Crippen molar-refractivity contribution < 1.29 is 4.79 Å². The molecule has 1 aliphatic heterocycles. The Morgan fingerprint density at radius 2 is 1.86 bits per heavy atom. The molecule has 1 amide bonds. The second-order valence-electron chi connectivity index (χ2n) is 3.97. The van der Waals surface area contributed by atoms with Crippen molar-refractivity contribution in [2.24, 2.45) is 0 Å². The lowest BCUT2D eigenvalue weighted by Crippen LogP contribution is -2.50. The minimum atomic E-state index is -0.0243. The molecule has 0 aliphatic carbocycles. The van der Waals surface area contributed by atoms with Crippen molar-refractivity contribution in [3.63, 3.8) is 0 Å². The van der Waals surface area contributed by atoms with Crippen molar-refractivity contribution in [2.45, 2.75) is 37.6 Å². The van der Waals surface area contributed by atoms with Crippen LogP contribution < -0.4 is 0 Å². The smallest absolute Gasteiger partial charge is 0.210 e. The number of hydrogen-bond donors (Lipinski definition) is 0. The van der Waals surface area contributed by atoms with E-state index in [0.29, 0.717) is 0 Å². The Balaban J connectivity index is 2.82. The van der Waals surface area contributed by atoms with Crippen LogP contribution in [0.4, 0.5) is 0 Å². The zero-order valence-corrected chi connectivity index (χ0v) is 8.74. The van der Waals surface area contributed by atoms with Crippen LogP contribution >= 0.6 is 0 Å². The molecule has 0 saturated carbocycles. The lowest BCUT2D eigenvalue weighted by molar-refractivity contribution is -0.126. The van der Waals surface area contributed by atoms with Crippen LogP contribution in [0.15, 0.2) is 25.3 Å². The summed E-state index contributed by atoms with van der Waals surface area (Å²) in [5, 5.41) is 0. The van der Waals surface area contributed by atoms with Crippen molar-refractivity contribution in [3.05, 3.63) is 25.3 Å². The molecule has 0 aromatic carbocycles. The lowest BCUT2D eigenvalue weighted by atomic mass is 9.81. The molecule has 1 aliphatic rings. The molecular formula is C12H19NO. The number of nitrogens with zero attached hydrogens (tertiary/aromatic N) is 1. The fourth-order valence-electron chi connectivity index (χ4n) is 2.34. The molecule has 78 valence electrons. The summed E-state index contributed by atoms with van der Waals surface area (Å²) in [5.74, 6) is 0. The molecule has 1 rings (SSSR count). The zero-order valence-electron chi connectivity index (χ0n) is 8.74. The average molecular weight is 193 g/mol. The molecule has 0 spiro atoms. The number of carbonyl (C=O) groups excluding carboxylic acids is 1. The van der Waals surface area contributed by atoms with Crippen LogP contribution in [0, 0.1) is 0 Å². The maximum atomic E-state index is 11.0. The van der Waals surface area contributed by atoms with Gasteiger partial charge in [-0.2, -0.15) is 0 Å². The Morgan fingerprint density at radius 1 is 1.21 bits per heavy atom. The summed E-state index contributed by atoms with van der Waals surface area (Å²) in [7, 11) is 0. The van der Waals surface area contributed by atoms with E-state index >= 15 is 0 Å². The van der Waals surface area contributed by atoms with Gasteiger partial charge in [0.2, 0.25) is 6.41 Å². The van der Waals surface area contributed by atoms with Gasteiger partial charge in [-0.1, -0.05) is 12.2 Å². The molecule has 14 heavy (non-hydrogen) atoms. The summed E-state index contributed by atoms with van der Waals surface area (Å²) in [6.07, 6.45) is 9.93. The van der Waals surface area contributed by atoms with E-state index in [1.807, 2.05) is 17.1 Å². The van der Waals surface area contributed by atoms with E-state index in [1.165, 1.54) is 6.42 Å². The SMILES string of the molecule is C=CCC1(CC=C)CCCCN1C=O. The summed E-state index contributed by atoms with van der Waals surface area (Å²) in [6.45, 7) is 8.43. The first-order chi connectivity index (χ1) is 6.79. The summed E-state index contributed by atoms with van der Waals surface area (Å²) < 4.78 is 0. The molecule has 0 radical (unpaired) electrons. The Labute approximate surface area is 86.3 Å². The van der Waals surface area contributed by atoms with Gasteiger partial charge in [0, 0.05) is 12.1 Å². The van der Waals surface area contributed by atoms with Crippen LogP contribution in [-0.4, -0.2) is 23.4 Å². The molecule has 2 heteroatoms. The van der Waals surface area contributed by atoms with E-state index in [0.717, 1.165) is 38.6 Å². The number of carbonyl (C=O) groups is 1. The lowest BCUT2D eigenvalue weighted by Gasteiger charge is -2.44. The molecule has 1 fully saturated rings. The minimum absolute atomic E-state index is 0.0243. The molecule has 0 aromatic heterocycles. The first-order valence-corrected chi connectivity index (χ1v) is 5.23. The number of likely N-dealkylation sites (tertiary alicyclic amines) is 1. The van der Waals surface area contributed by atoms with Gasteiger partial charge < -0.3 is 4.90 Å². The van der Waals surface area contributed by atoms with Crippen molar-refractivity contribution in [3.8, 4) is 0 Å². The van der Waals surface area contributed by atoms with Crippen molar-refractivity contribution >= 4 is 6.41 Å². The van der Waals surface area contributed by atoms with Crippen molar-refractivity contribution in [1.29, 1.82) is 0 Å². The van der Waals surface area contributed by atoms with E-state index in [2.05, 4.69) is 13.2 Å². The number of hydrogen-bond acceptors (Lipinski definition) is 1. The summed E-state index contributed by atoms with van der Waals surface area (Å²) in [6, 6.07) is 0.